The molecule has 2 aromatic carbocycles. The predicted molar refractivity (Wildman–Crippen MR) is 103 cm³/mol. The quantitative estimate of drug-likeness (QED) is 0.540. The van der Waals surface area contributed by atoms with Crippen molar-refractivity contribution < 1.29 is 9.21 Å². The van der Waals surface area contributed by atoms with E-state index in [1.807, 2.05) is 19.9 Å². The second kappa shape index (κ2) is 6.27. The second-order valence-electron chi connectivity index (χ2n) is 6.00. The van der Waals surface area contributed by atoms with Gasteiger partial charge in [0.1, 0.15) is 17.4 Å². The van der Waals surface area contributed by atoms with Crippen LogP contribution in [0.25, 0.3) is 21.2 Å². The smallest absolute Gasteiger partial charge is 0.276 e. The highest BCUT2D eigenvalue weighted by Crippen LogP contribution is 2.29. The normalized spacial score (nSPS) is 11.0. The van der Waals surface area contributed by atoms with Crippen LogP contribution < -0.4 is 16.3 Å². The lowest BCUT2D eigenvalue weighted by Crippen LogP contribution is -2.32. The second-order valence-corrected chi connectivity index (χ2v) is 7.00. The van der Waals surface area contributed by atoms with E-state index in [1.165, 1.54) is 17.6 Å². The molecule has 0 spiro atoms. The number of nitrogens with one attached hydrogen (secondary N) is 2. The summed E-state index contributed by atoms with van der Waals surface area (Å²) >= 11 is 1.44. The fraction of sp³-hybridized carbons (Fsp3) is 0.105. The van der Waals surface area contributed by atoms with Crippen LogP contribution in [0.4, 0.5) is 5.13 Å². The molecule has 1 amide bonds. The van der Waals surface area contributed by atoms with Gasteiger partial charge in [-0.2, -0.15) is 0 Å². The average Bonchev–Trinajstić information content (AvgIpc) is 3.03. The Morgan fingerprint density at radius 1 is 1.19 bits per heavy atom. The molecule has 0 saturated heterocycles. The molecule has 0 fully saturated rings. The molecule has 4 rings (SSSR count). The molecule has 130 valence electrons. The van der Waals surface area contributed by atoms with Crippen molar-refractivity contribution in [2.45, 2.75) is 13.8 Å². The molecule has 7 heteroatoms. The number of benzene rings is 2. The number of fused-ring (bicyclic) bond motifs is 2. The Morgan fingerprint density at radius 2 is 2.00 bits per heavy atom. The number of anilines is 1. The number of aryl methyl sites for hydroxylation is 2. The largest absolute Gasteiger partial charge is 0.463 e. The third-order valence-electron chi connectivity index (χ3n) is 4.03. The van der Waals surface area contributed by atoms with Crippen molar-refractivity contribution in [3.05, 3.63) is 69.6 Å². The van der Waals surface area contributed by atoms with Crippen LogP contribution >= 0.6 is 11.3 Å². The SMILES string of the molecule is Cc1cc(C)c2sc(NNC(=O)c3coc4ccccc4c3=O)nc2c1. The van der Waals surface area contributed by atoms with Gasteiger partial charge in [0.2, 0.25) is 10.6 Å². The summed E-state index contributed by atoms with van der Waals surface area (Å²) in [5, 5.41) is 0.915. The van der Waals surface area contributed by atoms with Crippen molar-refractivity contribution in [2.75, 3.05) is 5.43 Å². The van der Waals surface area contributed by atoms with Gasteiger partial charge < -0.3 is 4.42 Å². The first-order valence-electron chi connectivity index (χ1n) is 7.97. The van der Waals surface area contributed by atoms with Gasteiger partial charge >= 0.3 is 0 Å². The molecule has 0 atom stereocenters. The molecular formula is C19H15N3O3S. The number of rotatable bonds is 3. The van der Waals surface area contributed by atoms with E-state index in [4.69, 9.17) is 4.42 Å². The van der Waals surface area contributed by atoms with E-state index < -0.39 is 5.91 Å². The van der Waals surface area contributed by atoms with Crippen LogP contribution in [0.3, 0.4) is 0 Å². The number of hydrazine groups is 1. The highest BCUT2D eigenvalue weighted by atomic mass is 32.1. The van der Waals surface area contributed by atoms with Gasteiger partial charge in [-0.15, -0.1) is 0 Å². The van der Waals surface area contributed by atoms with Gasteiger partial charge in [0, 0.05) is 0 Å². The van der Waals surface area contributed by atoms with Crippen molar-refractivity contribution in [3.63, 3.8) is 0 Å². The third kappa shape index (κ3) is 2.82. The molecule has 0 saturated carbocycles. The van der Waals surface area contributed by atoms with Crippen LogP contribution in [0.15, 0.2) is 51.9 Å². The van der Waals surface area contributed by atoms with Gasteiger partial charge in [-0.25, -0.2) is 4.98 Å². The molecule has 0 unspecified atom stereocenters. The fourth-order valence-corrected chi connectivity index (χ4v) is 3.71. The first-order valence-corrected chi connectivity index (χ1v) is 8.79. The third-order valence-corrected chi connectivity index (χ3v) is 5.15. The number of thiazole rings is 1. The highest BCUT2D eigenvalue weighted by molar-refractivity contribution is 7.22. The zero-order valence-electron chi connectivity index (χ0n) is 14.1. The first-order chi connectivity index (χ1) is 12.5. The van der Waals surface area contributed by atoms with Crippen LogP contribution in [-0.2, 0) is 0 Å². The number of carbonyl (C=O) groups excluding carboxylic acids is 1. The molecule has 0 aliphatic rings. The molecule has 0 radical (unpaired) electrons. The summed E-state index contributed by atoms with van der Waals surface area (Å²) in [5.41, 5.74) is 8.43. The molecule has 2 aromatic heterocycles. The fourth-order valence-electron chi connectivity index (χ4n) is 2.84. The van der Waals surface area contributed by atoms with Crippen molar-refractivity contribution >= 4 is 43.6 Å². The monoisotopic (exact) mass is 365 g/mol. The molecule has 0 bridgehead atoms. The summed E-state index contributed by atoms with van der Waals surface area (Å²) in [6.45, 7) is 4.04. The summed E-state index contributed by atoms with van der Waals surface area (Å²) in [5.74, 6) is -0.573. The maximum atomic E-state index is 12.4. The molecular weight excluding hydrogens is 350 g/mol. The number of para-hydroxylation sites is 1. The summed E-state index contributed by atoms with van der Waals surface area (Å²) in [7, 11) is 0. The number of hydrogen-bond acceptors (Lipinski definition) is 6. The van der Waals surface area contributed by atoms with Gasteiger partial charge in [-0.1, -0.05) is 29.5 Å². The lowest BCUT2D eigenvalue weighted by molar-refractivity contribution is 0.0960. The predicted octanol–water partition coefficient (Wildman–Crippen LogP) is 3.78. The van der Waals surface area contributed by atoms with Crippen molar-refractivity contribution in [2.24, 2.45) is 0 Å². The van der Waals surface area contributed by atoms with Crippen molar-refractivity contribution in [1.29, 1.82) is 0 Å². The lowest BCUT2D eigenvalue weighted by Gasteiger charge is -2.05. The number of hydrogen-bond donors (Lipinski definition) is 2. The van der Waals surface area contributed by atoms with Crippen molar-refractivity contribution in [1.82, 2.24) is 10.4 Å². The minimum absolute atomic E-state index is 0.0654. The first kappa shape index (κ1) is 16.3. The van der Waals surface area contributed by atoms with Crippen LogP contribution in [-0.4, -0.2) is 10.9 Å². The zero-order chi connectivity index (χ0) is 18.3. The number of nitrogens with zero attached hydrogens (tertiary/aromatic N) is 1. The van der Waals surface area contributed by atoms with Crippen LogP contribution in [0.2, 0.25) is 0 Å². The van der Waals surface area contributed by atoms with E-state index in [1.54, 1.807) is 24.3 Å². The summed E-state index contributed by atoms with van der Waals surface area (Å²) in [6, 6.07) is 10.9. The van der Waals surface area contributed by atoms with Gasteiger partial charge in [-0.05, 0) is 43.2 Å². The number of aromatic nitrogens is 1. The van der Waals surface area contributed by atoms with Crippen LogP contribution in [0, 0.1) is 13.8 Å². The van der Waals surface area contributed by atoms with Crippen molar-refractivity contribution in [3.8, 4) is 0 Å². The standard InChI is InChI=1S/C19H15N3O3S/c1-10-7-11(2)17-14(8-10)20-19(26-17)22-21-18(24)13-9-25-15-6-4-3-5-12(15)16(13)23/h3-9H,1-2H3,(H,20,22)(H,21,24). The maximum Gasteiger partial charge on any atom is 0.276 e. The lowest BCUT2D eigenvalue weighted by atomic mass is 10.1. The molecule has 0 aliphatic carbocycles. The van der Waals surface area contributed by atoms with Crippen LogP contribution in [0.5, 0.6) is 0 Å². The summed E-state index contributed by atoms with van der Waals surface area (Å²) < 4.78 is 6.43. The van der Waals surface area contributed by atoms with E-state index in [2.05, 4.69) is 21.9 Å². The maximum absolute atomic E-state index is 12.4. The van der Waals surface area contributed by atoms with Gasteiger partial charge in [0.15, 0.2) is 0 Å². The van der Waals surface area contributed by atoms with Gasteiger partial charge in [0.25, 0.3) is 5.91 Å². The van der Waals surface area contributed by atoms with E-state index in [0.29, 0.717) is 16.1 Å². The minimum atomic E-state index is -0.573. The molecule has 6 nitrogen and oxygen atoms in total. The Hall–Kier alpha value is -3.19. The topological polar surface area (TPSA) is 84.2 Å². The number of carbonyl (C=O) groups is 1. The highest BCUT2D eigenvalue weighted by Gasteiger charge is 2.15. The van der Waals surface area contributed by atoms with E-state index >= 15 is 0 Å². The Labute approximate surface area is 152 Å². The Balaban J connectivity index is 1.59. The molecule has 2 N–H and O–H groups in total. The van der Waals surface area contributed by atoms with Crippen LogP contribution in [0.1, 0.15) is 21.5 Å². The van der Waals surface area contributed by atoms with E-state index in [0.717, 1.165) is 21.3 Å². The molecule has 0 aliphatic heterocycles. The van der Waals surface area contributed by atoms with Gasteiger partial charge in [-0.3, -0.25) is 20.4 Å². The molecule has 4 aromatic rings. The Bertz CT molecular complexity index is 1210. The molecule has 26 heavy (non-hydrogen) atoms. The Morgan fingerprint density at radius 3 is 2.85 bits per heavy atom. The summed E-state index contributed by atoms with van der Waals surface area (Å²) in [4.78, 5) is 29.3. The summed E-state index contributed by atoms with van der Waals surface area (Å²) in [6.07, 6.45) is 1.17. The zero-order valence-corrected chi connectivity index (χ0v) is 14.9. The Kier molecular flexibility index (Phi) is 3.93. The number of amides is 1. The van der Waals surface area contributed by atoms with E-state index in [-0.39, 0.29) is 11.0 Å². The van der Waals surface area contributed by atoms with E-state index in [9.17, 15) is 9.59 Å². The average molecular weight is 365 g/mol. The molecule has 2 heterocycles. The van der Waals surface area contributed by atoms with Gasteiger partial charge in [0.05, 0.1) is 15.6 Å². The minimum Gasteiger partial charge on any atom is -0.463 e.